The van der Waals surface area contributed by atoms with Crippen LogP contribution in [0.15, 0.2) is 58.2 Å². The highest BCUT2D eigenvalue weighted by Gasteiger charge is 2.12. The fraction of sp³-hybridized carbons (Fsp3) is 0.167. The van der Waals surface area contributed by atoms with Crippen LogP contribution in [-0.4, -0.2) is 21.7 Å². The average Bonchev–Trinajstić information content (AvgIpc) is 3.03. The molecule has 2 aromatic carbocycles. The van der Waals surface area contributed by atoms with Crippen LogP contribution >= 0.6 is 11.8 Å². The second-order valence-electron chi connectivity index (χ2n) is 5.32. The van der Waals surface area contributed by atoms with Crippen molar-refractivity contribution in [3.05, 3.63) is 65.2 Å². The van der Waals surface area contributed by atoms with E-state index in [0.29, 0.717) is 16.7 Å². The zero-order valence-electron chi connectivity index (χ0n) is 12.9. The number of hydrogen-bond donors (Lipinski definition) is 0. The van der Waals surface area contributed by atoms with Gasteiger partial charge in [-0.05, 0) is 26.0 Å². The monoisotopic (exact) mass is 324 g/mol. The van der Waals surface area contributed by atoms with Crippen LogP contribution in [0.1, 0.15) is 21.5 Å². The molecule has 0 atom stereocenters. The molecule has 3 aromatic rings. The number of aromatic nitrogens is 2. The van der Waals surface area contributed by atoms with Crippen LogP contribution in [0, 0.1) is 13.8 Å². The van der Waals surface area contributed by atoms with Crippen LogP contribution in [0.25, 0.3) is 11.5 Å². The molecular formula is C18H16N2O2S. The van der Waals surface area contributed by atoms with E-state index in [1.165, 1.54) is 17.3 Å². The molecule has 1 heterocycles. The smallest absolute Gasteiger partial charge is 0.277 e. The van der Waals surface area contributed by atoms with Crippen molar-refractivity contribution in [3.8, 4) is 11.5 Å². The van der Waals surface area contributed by atoms with Crippen molar-refractivity contribution < 1.29 is 9.21 Å². The van der Waals surface area contributed by atoms with E-state index in [9.17, 15) is 4.79 Å². The minimum absolute atomic E-state index is 0.0464. The Bertz CT molecular complexity index is 808. The van der Waals surface area contributed by atoms with E-state index >= 15 is 0 Å². The maximum absolute atomic E-state index is 12.1. The molecule has 23 heavy (non-hydrogen) atoms. The highest BCUT2D eigenvalue weighted by Crippen LogP contribution is 2.24. The second kappa shape index (κ2) is 6.79. The van der Waals surface area contributed by atoms with Gasteiger partial charge in [-0.2, -0.15) is 0 Å². The van der Waals surface area contributed by atoms with Crippen molar-refractivity contribution in [2.75, 3.05) is 5.75 Å². The van der Waals surface area contributed by atoms with Gasteiger partial charge in [0.1, 0.15) is 0 Å². The lowest BCUT2D eigenvalue weighted by Gasteiger charge is -1.99. The number of Topliss-reactive ketones (excluding diaryl/α,β-unsaturated/α-hetero) is 1. The number of carbonyl (C=O) groups excluding carboxylic acids is 1. The second-order valence-corrected chi connectivity index (χ2v) is 6.24. The summed E-state index contributed by atoms with van der Waals surface area (Å²) in [5, 5.41) is 8.42. The highest BCUT2D eigenvalue weighted by atomic mass is 32.2. The largest absolute Gasteiger partial charge is 0.411 e. The van der Waals surface area contributed by atoms with Gasteiger partial charge in [0.25, 0.3) is 5.22 Å². The molecule has 0 N–H and O–H groups in total. The Kier molecular flexibility index (Phi) is 4.57. The Morgan fingerprint density at radius 2 is 1.57 bits per heavy atom. The molecule has 0 saturated heterocycles. The van der Waals surface area contributed by atoms with Gasteiger partial charge in [0.15, 0.2) is 5.78 Å². The van der Waals surface area contributed by atoms with E-state index in [0.717, 1.165) is 11.1 Å². The third-order valence-corrected chi connectivity index (χ3v) is 4.22. The van der Waals surface area contributed by atoms with Crippen molar-refractivity contribution in [3.63, 3.8) is 0 Å². The molecule has 0 fully saturated rings. The van der Waals surface area contributed by atoms with E-state index in [2.05, 4.69) is 10.2 Å². The minimum atomic E-state index is 0.0464. The predicted molar refractivity (Wildman–Crippen MR) is 90.7 cm³/mol. The third kappa shape index (κ3) is 3.87. The third-order valence-electron chi connectivity index (χ3n) is 3.41. The number of ketones is 1. The summed E-state index contributed by atoms with van der Waals surface area (Å²) in [4.78, 5) is 12.1. The van der Waals surface area contributed by atoms with Crippen LogP contribution in [-0.2, 0) is 0 Å². The van der Waals surface area contributed by atoms with Gasteiger partial charge in [-0.15, -0.1) is 10.2 Å². The van der Waals surface area contributed by atoms with Gasteiger partial charge in [0, 0.05) is 11.1 Å². The SMILES string of the molecule is Cc1ccc(C(=O)CSc2nnc(-c3ccc(C)cc3)o2)cc1. The van der Waals surface area contributed by atoms with Crippen LogP contribution in [0.4, 0.5) is 0 Å². The van der Waals surface area contributed by atoms with Crippen molar-refractivity contribution >= 4 is 17.5 Å². The summed E-state index contributed by atoms with van der Waals surface area (Å²) in [6.07, 6.45) is 0. The summed E-state index contributed by atoms with van der Waals surface area (Å²) in [5.41, 5.74) is 3.88. The number of carbonyl (C=O) groups is 1. The van der Waals surface area contributed by atoms with Crippen LogP contribution < -0.4 is 0 Å². The zero-order valence-corrected chi connectivity index (χ0v) is 13.8. The lowest BCUT2D eigenvalue weighted by molar-refractivity contribution is 0.102. The fourth-order valence-electron chi connectivity index (χ4n) is 2.03. The lowest BCUT2D eigenvalue weighted by atomic mass is 10.1. The quantitative estimate of drug-likeness (QED) is 0.516. The molecule has 116 valence electrons. The Morgan fingerprint density at radius 3 is 2.22 bits per heavy atom. The van der Waals surface area contributed by atoms with E-state index in [1.807, 2.05) is 62.4 Å². The lowest BCUT2D eigenvalue weighted by Crippen LogP contribution is -2.02. The molecule has 0 unspecified atom stereocenters. The number of thioether (sulfide) groups is 1. The van der Waals surface area contributed by atoms with Crippen LogP contribution in [0.5, 0.6) is 0 Å². The van der Waals surface area contributed by atoms with E-state index in [-0.39, 0.29) is 11.5 Å². The van der Waals surface area contributed by atoms with Crippen LogP contribution in [0.2, 0.25) is 0 Å². The fourth-order valence-corrected chi connectivity index (χ4v) is 2.69. The Morgan fingerprint density at radius 1 is 0.957 bits per heavy atom. The normalized spacial score (nSPS) is 10.7. The summed E-state index contributed by atoms with van der Waals surface area (Å²) in [6, 6.07) is 15.4. The van der Waals surface area contributed by atoms with Crippen molar-refractivity contribution in [2.24, 2.45) is 0 Å². The highest BCUT2D eigenvalue weighted by molar-refractivity contribution is 7.99. The van der Waals surface area contributed by atoms with Gasteiger partial charge in [-0.25, -0.2) is 0 Å². The molecule has 5 heteroatoms. The summed E-state index contributed by atoms with van der Waals surface area (Å²) in [7, 11) is 0. The first-order chi connectivity index (χ1) is 11.1. The Balaban J connectivity index is 1.64. The molecule has 0 spiro atoms. The summed E-state index contributed by atoms with van der Waals surface area (Å²) in [5.74, 6) is 0.791. The summed E-state index contributed by atoms with van der Waals surface area (Å²) >= 11 is 1.26. The Labute approximate surface area is 138 Å². The predicted octanol–water partition coefficient (Wildman–Crippen LogP) is 4.33. The number of nitrogens with zero attached hydrogens (tertiary/aromatic N) is 2. The van der Waals surface area contributed by atoms with Gasteiger partial charge in [0.05, 0.1) is 5.75 Å². The number of rotatable bonds is 5. The number of aryl methyl sites for hydroxylation is 2. The van der Waals surface area contributed by atoms with Crippen LogP contribution in [0.3, 0.4) is 0 Å². The first-order valence-electron chi connectivity index (χ1n) is 7.25. The molecule has 3 rings (SSSR count). The first-order valence-corrected chi connectivity index (χ1v) is 8.23. The standard InChI is InChI=1S/C18H16N2O2S/c1-12-3-7-14(8-4-12)16(21)11-23-18-20-19-17(22-18)15-9-5-13(2)6-10-15/h3-10H,11H2,1-2H3. The maximum Gasteiger partial charge on any atom is 0.277 e. The van der Waals surface area contributed by atoms with Gasteiger partial charge in [-0.1, -0.05) is 59.3 Å². The van der Waals surface area contributed by atoms with Gasteiger partial charge < -0.3 is 4.42 Å². The minimum Gasteiger partial charge on any atom is -0.411 e. The summed E-state index contributed by atoms with van der Waals surface area (Å²) < 4.78 is 5.60. The molecule has 0 bridgehead atoms. The first kappa shape index (κ1) is 15.5. The van der Waals surface area contributed by atoms with Crippen molar-refractivity contribution in [1.29, 1.82) is 0 Å². The van der Waals surface area contributed by atoms with Crippen molar-refractivity contribution in [2.45, 2.75) is 19.1 Å². The van der Waals surface area contributed by atoms with Gasteiger partial charge >= 0.3 is 0 Å². The molecule has 4 nitrogen and oxygen atoms in total. The average molecular weight is 324 g/mol. The van der Waals surface area contributed by atoms with Crippen molar-refractivity contribution in [1.82, 2.24) is 10.2 Å². The number of hydrogen-bond acceptors (Lipinski definition) is 5. The summed E-state index contributed by atoms with van der Waals surface area (Å²) in [6.45, 7) is 4.02. The molecular weight excluding hydrogens is 308 g/mol. The van der Waals surface area contributed by atoms with E-state index < -0.39 is 0 Å². The molecule has 0 saturated carbocycles. The molecule has 1 aromatic heterocycles. The molecule has 0 aliphatic heterocycles. The molecule has 0 aliphatic rings. The molecule has 0 aliphatic carbocycles. The van der Waals surface area contributed by atoms with E-state index in [1.54, 1.807) is 0 Å². The molecule has 0 radical (unpaired) electrons. The zero-order chi connectivity index (χ0) is 16.2. The topological polar surface area (TPSA) is 56.0 Å². The number of benzene rings is 2. The van der Waals surface area contributed by atoms with Gasteiger partial charge in [-0.3, -0.25) is 4.79 Å². The van der Waals surface area contributed by atoms with Gasteiger partial charge in [0.2, 0.25) is 5.89 Å². The van der Waals surface area contributed by atoms with E-state index in [4.69, 9.17) is 4.42 Å². The molecule has 0 amide bonds. The Hall–Kier alpha value is -2.40. The maximum atomic E-state index is 12.1.